The molecule has 1 aromatic heterocycles. The Morgan fingerprint density at radius 3 is 2.33 bits per heavy atom. The second-order valence-corrected chi connectivity index (χ2v) is 6.54. The lowest BCUT2D eigenvalue weighted by Crippen LogP contribution is -2.27. The number of hydrogen-bond acceptors (Lipinski definition) is 3. The molecule has 5 nitrogen and oxygen atoms in total. The molecule has 0 bridgehead atoms. The lowest BCUT2D eigenvalue weighted by molar-refractivity contribution is 0.132. The molecule has 1 fully saturated rings. The predicted molar refractivity (Wildman–Crippen MR) is 103 cm³/mol. The minimum Gasteiger partial charge on any atom is -0.438 e. The van der Waals surface area contributed by atoms with Crippen LogP contribution in [0, 0.1) is 0 Å². The van der Waals surface area contributed by atoms with Gasteiger partial charge in [0, 0.05) is 0 Å². The Balaban J connectivity index is 1.65. The van der Waals surface area contributed by atoms with Gasteiger partial charge >= 0.3 is 6.09 Å². The highest BCUT2D eigenvalue weighted by atomic mass is 16.6. The second kappa shape index (κ2) is 6.29. The largest absolute Gasteiger partial charge is 0.438 e. The number of benzene rings is 3. The summed E-state index contributed by atoms with van der Waals surface area (Å²) in [6.07, 6.45) is 0.924. The fourth-order valence-corrected chi connectivity index (χ4v) is 3.69. The maximum Gasteiger partial charge on any atom is 0.415 e. The van der Waals surface area contributed by atoms with Crippen LogP contribution in [0.4, 0.5) is 10.5 Å². The van der Waals surface area contributed by atoms with Gasteiger partial charge in [-0.1, -0.05) is 60.7 Å². The van der Waals surface area contributed by atoms with Crippen molar-refractivity contribution in [2.24, 2.45) is 0 Å². The van der Waals surface area contributed by atoms with Crippen LogP contribution in [0.3, 0.4) is 0 Å². The molecule has 5 rings (SSSR count). The van der Waals surface area contributed by atoms with Gasteiger partial charge in [0.05, 0.1) is 23.0 Å². The molecule has 1 aliphatic heterocycles. The van der Waals surface area contributed by atoms with E-state index in [-0.39, 0.29) is 18.2 Å². The summed E-state index contributed by atoms with van der Waals surface area (Å²) < 4.78 is 5.84. The smallest absolute Gasteiger partial charge is 0.415 e. The minimum absolute atomic E-state index is 0.249. The third-order valence-corrected chi connectivity index (χ3v) is 4.94. The average Bonchev–Trinajstić information content (AvgIpc) is 3.32. The van der Waals surface area contributed by atoms with Crippen molar-refractivity contribution in [3.05, 3.63) is 96.3 Å². The molecule has 27 heavy (non-hydrogen) atoms. The summed E-state index contributed by atoms with van der Waals surface area (Å²) in [5.41, 5.74) is 4.54. The monoisotopic (exact) mass is 355 g/mol. The van der Waals surface area contributed by atoms with Gasteiger partial charge in [0.2, 0.25) is 0 Å². The highest BCUT2D eigenvalue weighted by Gasteiger charge is 2.44. The molecular formula is C22H17N3O2. The van der Waals surface area contributed by atoms with Gasteiger partial charge < -0.3 is 9.72 Å². The van der Waals surface area contributed by atoms with Gasteiger partial charge in [-0.3, -0.25) is 4.90 Å². The van der Waals surface area contributed by atoms with Crippen molar-refractivity contribution in [3.8, 4) is 0 Å². The first-order valence-electron chi connectivity index (χ1n) is 8.84. The molecule has 2 atom stereocenters. The quantitative estimate of drug-likeness (QED) is 0.562. The maximum atomic E-state index is 12.9. The van der Waals surface area contributed by atoms with Crippen LogP contribution in [-0.2, 0) is 4.74 Å². The molecule has 132 valence electrons. The summed E-state index contributed by atoms with van der Waals surface area (Å²) >= 11 is 0. The molecule has 5 heteroatoms. The number of nitrogens with one attached hydrogen (secondary N) is 1. The van der Waals surface area contributed by atoms with Crippen molar-refractivity contribution in [2.45, 2.75) is 12.1 Å². The van der Waals surface area contributed by atoms with Crippen LogP contribution in [0.1, 0.15) is 23.3 Å². The first-order valence-corrected chi connectivity index (χ1v) is 8.84. The first-order chi connectivity index (χ1) is 13.3. The molecular weight excluding hydrogens is 338 g/mol. The summed E-state index contributed by atoms with van der Waals surface area (Å²) in [6, 6.07) is 25.4. The van der Waals surface area contributed by atoms with Crippen molar-refractivity contribution >= 4 is 22.8 Å². The van der Waals surface area contributed by atoms with E-state index >= 15 is 0 Å². The number of cyclic esters (lactones) is 1. The highest BCUT2D eigenvalue weighted by Crippen LogP contribution is 2.45. The fourth-order valence-electron chi connectivity index (χ4n) is 3.69. The number of fused-ring (bicyclic) bond motifs is 1. The minimum atomic E-state index is -0.376. The molecule has 4 aromatic rings. The molecule has 2 heterocycles. The fraction of sp³-hybridized carbons (Fsp3) is 0.0909. The Bertz CT molecular complexity index is 1090. The molecule has 0 saturated carbocycles. The van der Waals surface area contributed by atoms with E-state index in [1.54, 1.807) is 11.2 Å². The molecule has 1 amide bonds. The predicted octanol–water partition coefficient (Wildman–Crippen LogP) is 5.00. The number of nitrogens with zero attached hydrogens (tertiary/aromatic N) is 2. The van der Waals surface area contributed by atoms with Gasteiger partial charge in [-0.15, -0.1) is 0 Å². The van der Waals surface area contributed by atoms with E-state index in [4.69, 9.17) is 4.74 Å². The number of hydrogen-bond donors (Lipinski definition) is 1. The van der Waals surface area contributed by atoms with Gasteiger partial charge in [0.25, 0.3) is 0 Å². The van der Waals surface area contributed by atoms with E-state index in [1.165, 1.54) is 0 Å². The van der Waals surface area contributed by atoms with Gasteiger partial charge in [-0.25, -0.2) is 9.78 Å². The number of imidazole rings is 1. The lowest BCUT2D eigenvalue weighted by Gasteiger charge is -2.25. The summed E-state index contributed by atoms with van der Waals surface area (Å²) in [7, 11) is 0. The van der Waals surface area contributed by atoms with Crippen LogP contribution >= 0.6 is 0 Å². The summed E-state index contributed by atoms with van der Waals surface area (Å²) in [5, 5.41) is 0. The van der Waals surface area contributed by atoms with Crippen molar-refractivity contribution in [2.75, 3.05) is 4.90 Å². The Morgan fingerprint density at radius 2 is 1.59 bits per heavy atom. The van der Waals surface area contributed by atoms with Crippen LogP contribution < -0.4 is 4.90 Å². The number of aromatic nitrogens is 2. The van der Waals surface area contributed by atoms with Crippen LogP contribution in [0.2, 0.25) is 0 Å². The number of H-pyrrole nitrogens is 1. The zero-order valence-corrected chi connectivity index (χ0v) is 14.4. The van der Waals surface area contributed by atoms with Gasteiger partial charge in [0.15, 0.2) is 6.10 Å². The van der Waals surface area contributed by atoms with Gasteiger partial charge in [-0.2, -0.15) is 0 Å². The van der Waals surface area contributed by atoms with Crippen LogP contribution in [-0.4, -0.2) is 16.1 Å². The number of carbonyl (C=O) groups excluding carboxylic acids is 1. The van der Waals surface area contributed by atoms with Crippen LogP contribution in [0.15, 0.2) is 85.2 Å². The zero-order valence-electron chi connectivity index (χ0n) is 14.4. The molecule has 2 unspecified atom stereocenters. The average molecular weight is 355 g/mol. The molecule has 0 aliphatic carbocycles. The number of rotatable bonds is 3. The van der Waals surface area contributed by atoms with Gasteiger partial charge in [0.1, 0.15) is 6.04 Å². The van der Waals surface area contributed by atoms with Gasteiger partial charge in [-0.05, 0) is 29.3 Å². The third-order valence-electron chi connectivity index (χ3n) is 4.94. The third kappa shape index (κ3) is 2.64. The maximum absolute atomic E-state index is 12.9. The van der Waals surface area contributed by atoms with E-state index in [2.05, 4.69) is 9.97 Å². The Kier molecular flexibility index (Phi) is 3.64. The number of aromatic amines is 1. The summed E-state index contributed by atoms with van der Waals surface area (Å²) in [6.45, 7) is 0. The van der Waals surface area contributed by atoms with Crippen molar-refractivity contribution < 1.29 is 9.53 Å². The van der Waals surface area contributed by atoms with Crippen LogP contribution in [0.5, 0.6) is 0 Å². The number of anilines is 1. The molecule has 1 N–H and O–H groups in total. The molecule has 0 radical (unpaired) electrons. The molecule has 1 aliphatic rings. The number of ether oxygens (including phenoxy) is 1. The number of amides is 1. The van der Waals surface area contributed by atoms with Crippen molar-refractivity contribution in [3.63, 3.8) is 0 Å². The van der Waals surface area contributed by atoms with Crippen molar-refractivity contribution in [1.82, 2.24) is 9.97 Å². The van der Waals surface area contributed by atoms with E-state index in [0.717, 1.165) is 27.8 Å². The molecule has 1 saturated heterocycles. The number of carbonyl (C=O) groups is 1. The Hall–Kier alpha value is -3.60. The zero-order chi connectivity index (χ0) is 18.2. The first kappa shape index (κ1) is 15.6. The molecule has 0 spiro atoms. The van der Waals surface area contributed by atoms with E-state index in [9.17, 15) is 4.79 Å². The topological polar surface area (TPSA) is 58.2 Å². The summed E-state index contributed by atoms with van der Waals surface area (Å²) in [5.74, 6) is 0. The Labute approximate surface area is 156 Å². The van der Waals surface area contributed by atoms with Crippen molar-refractivity contribution in [1.29, 1.82) is 0 Å². The van der Waals surface area contributed by atoms with E-state index < -0.39 is 0 Å². The summed E-state index contributed by atoms with van der Waals surface area (Å²) in [4.78, 5) is 22.0. The standard InChI is InChI=1S/C22H17N3O2/c26-22-25(17-11-12-18-19(13-17)24-14-23-18)20(15-7-3-1-4-8-15)21(27-22)16-9-5-2-6-10-16/h1-14,20-21H,(H,23,24). The normalized spacial score (nSPS) is 19.4. The van der Waals surface area contributed by atoms with Crippen LogP contribution in [0.25, 0.3) is 11.0 Å². The second-order valence-electron chi connectivity index (χ2n) is 6.54. The Morgan fingerprint density at radius 1 is 0.889 bits per heavy atom. The molecule has 3 aromatic carbocycles. The van der Waals surface area contributed by atoms with E-state index in [0.29, 0.717) is 0 Å². The van der Waals surface area contributed by atoms with E-state index in [1.807, 2.05) is 78.9 Å². The highest BCUT2D eigenvalue weighted by molar-refractivity contribution is 5.93. The lowest BCUT2D eigenvalue weighted by atomic mass is 9.95. The SMILES string of the molecule is O=C1OC(c2ccccc2)C(c2ccccc2)N1c1ccc2nc[nH]c2c1.